The van der Waals surface area contributed by atoms with E-state index in [4.69, 9.17) is 5.73 Å². The van der Waals surface area contributed by atoms with Crippen LogP contribution in [0, 0.1) is 0 Å². The Bertz CT molecular complexity index is 626. The fourth-order valence-electron chi connectivity index (χ4n) is 3.22. The van der Waals surface area contributed by atoms with Gasteiger partial charge in [-0.05, 0) is 42.4 Å². The Balaban J connectivity index is 0.00000176. The van der Waals surface area contributed by atoms with Crippen molar-refractivity contribution in [2.45, 2.75) is 37.6 Å². The van der Waals surface area contributed by atoms with Crippen LogP contribution in [0.25, 0.3) is 0 Å². The van der Waals surface area contributed by atoms with Crippen LogP contribution >= 0.6 is 12.4 Å². The van der Waals surface area contributed by atoms with Crippen molar-refractivity contribution in [1.82, 2.24) is 0 Å². The number of hydrogen-bond donors (Lipinski definition) is 1. The van der Waals surface area contributed by atoms with Gasteiger partial charge < -0.3 is 5.73 Å². The van der Waals surface area contributed by atoms with Crippen molar-refractivity contribution in [3.8, 4) is 0 Å². The topological polar surface area (TPSA) is 43.1 Å². The van der Waals surface area contributed by atoms with Gasteiger partial charge >= 0.3 is 0 Å². The first-order valence-electron chi connectivity index (χ1n) is 7.67. The summed E-state index contributed by atoms with van der Waals surface area (Å²) in [4.78, 5) is 12.6. The molecule has 0 heterocycles. The van der Waals surface area contributed by atoms with E-state index in [1.165, 1.54) is 16.7 Å². The zero-order chi connectivity index (χ0) is 14.7. The third-order valence-corrected chi connectivity index (χ3v) is 4.43. The molecular weight excluding hydrogens is 294 g/mol. The number of carbonyl (C=O) groups excluding carboxylic acids is 1. The minimum Gasteiger partial charge on any atom is -0.321 e. The number of ketones is 1. The van der Waals surface area contributed by atoms with Gasteiger partial charge in [-0.3, -0.25) is 4.79 Å². The Hall–Kier alpha value is -1.64. The molecule has 1 aliphatic carbocycles. The summed E-state index contributed by atoms with van der Waals surface area (Å²) in [5.74, 6) is 0.148. The molecule has 2 atom stereocenters. The van der Waals surface area contributed by atoms with Gasteiger partial charge in [0.2, 0.25) is 0 Å². The molecule has 3 heteroatoms. The molecule has 22 heavy (non-hydrogen) atoms. The van der Waals surface area contributed by atoms with E-state index >= 15 is 0 Å². The number of hydrogen-bond acceptors (Lipinski definition) is 2. The number of benzene rings is 2. The number of nitrogens with two attached hydrogens (primary N) is 1. The highest BCUT2D eigenvalue weighted by atomic mass is 35.5. The number of halogens is 1. The zero-order valence-corrected chi connectivity index (χ0v) is 13.4. The van der Waals surface area contributed by atoms with Gasteiger partial charge in [0.05, 0.1) is 6.04 Å². The Morgan fingerprint density at radius 3 is 2.45 bits per heavy atom. The molecule has 0 saturated heterocycles. The third-order valence-electron chi connectivity index (χ3n) is 4.43. The van der Waals surface area contributed by atoms with Gasteiger partial charge in [-0.1, -0.05) is 54.6 Å². The Morgan fingerprint density at radius 1 is 1.00 bits per heavy atom. The highest BCUT2D eigenvalue weighted by molar-refractivity contribution is 5.91. The van der Waals surface area contributed by atoms with Crippen LogP contribution in [0.2, 0.25) is 0 Å². The van der Waals surface area contributed by atoms with Crippen molar-refractivity contribution < 1.29 is 4.79 Å². The number of Topliss-reactive ketones (excluding diaryl/α,β-unsaturated/α-hetero) is 1. The lowest BCUT2D eigenvalue weighted by molar-refractivity contribution is -0.121. The number of rotatable bonds is 3. The first-order chi connectivity index (χ1) is 10.3. The van der Waals surface area contributed by atoms with Crippen LogP contribution in [-0.2, 0) is 17.6 Å². The SMILES string of the molecule is Cl.N[C@H]1CCc2ccccc2[C@H](CCc2ccccc2)C1=O. The minimum atomic E-state index is -0.321. The lowest BCUT2D eigenvalue weighted by atomic mass is 9.86. The Morgan fingerprint density at radius 2 is 1.68 bits per heavy atom. The van der Waals surface area contributed by atoms with Crippen molar-refractivity contribution in [3.63, 3.8) is 0 Å². The predicted octanol–water partition coefficient (Wildman–Crippen LogP) is 3.67. The summed E-state index contributed by atoms with van der Waals surface area (Å²) < 4.78 is 0. The Labute approximate surface area is 138 Å². The highest BCUT2D eigenvalue weighted by Gasteiger charge is 2.30. The standard InChI is InChI=1S/C19H21NO.ClH/c20-18-13-11-15-8-4-5-9-16(15)17(19(18)21)12-10-14-6-2-1-3-7-14;/h1-9,17-18H,10-13,20H2;1H/t17-,18-;/m0./s1. The smallest absolute Gasteiger partial charge is 0.156 e. The first-order valence-corrected chi connectivity index (χ1v) is 7.67. The molecule has 2 N–H and O–H groups in total. The van der Waals surface area contributed by atoms with Crippen molar-refractivity contribution >= 4 is 18.2 Å². The number of carbonyl (C=O) groups is 1. The molecule has 3 rings (SSSR count). The first kappa shape index (κ1) is 16.7. The van der Waals surface area contributed by atoms with Gasteiger partial charge in [0.1, 0.15) is 0 Å². The van der Waals surface area contributed by atoms with Gasteiger partial charge in [-0.2, -0.15) is 0 Å². The number of aryl methyl sites for hydroxylation is 2. The average molecular weight is 316 g/mol. The molecule has 0 unspecified atom stereocenters. The molecule has 2 aromatic rings. The van der Waals surface area contributed by atoms with E-state index in [0.29, 0.717) is 0 Å². The molecule has 0 spiro atoms. The fraction of sp³-hybridized carbons (Fsp3) is 0.316. The van der Waals surface area contributed by atoms with Crippen molar-refractivity contribution in [2.75, 3.05) is 0 Å². The van der Waals surface area contributed by atoms with Crippen LogP contribution in [0.1, 0.15) is 35.4 Å². The molecule has 0 bridgehead atoms. The molecule has 0 aliphatic heterocycles. The summed E-state index contributed by atoms with van der Waals surface area (Å²) in [5, 5.41) is 0. The molecule has 0 radical (unpaired) electrons. The van der Waals surface area contributed by atoms with E-state index in [2.05, 4.69) is 30.3 Å². The molecule has 116 valence electrons. The molecule has 0 aromatic heterocycles. The maximum Gasteiger partial charge on any atom is 0.156 e. The Kier molecular flexibility index (Phi) is 5.76. The number of fused-ring (bicyclic) bond motifs is 1. The second-order valence-corrected chi connectivity index (χ2v) is 5.82. The van der Waals surface area contributed by atoms with E-state index in [1.54, 1.807) is 0 Å². The molecular formula is C19H22ClNO. The lowest BCUT2D eigenvalue weighted by Crippen LogP contribution is -2.33. The second kappa shape index (κ2) is 7.57. The molecule has 0 fully saturated rings. The summed E-state index contributed by atoms with van der Waals surface area (Å²) >= 11 is 0. The van der Waals surface area contributed by atoms with Crippen LogP contribution in [0.4, 0.5) is 0 Å². The van der Waals surface area contributed by atoms with E-state index in [1.807, 2.05) is 24.3 Å². The van der Waals surface area contributed by atoms with Crippen LogP contribution in [-0.4, -0.2) is 11.8 Å². The van der Waals surface area contributed by atoms with E-state index < -0.39 is 0 Å². The van der Waals surface area contributed by atoms with E-state index in [0.717, 1.165) is 25.7 Å². The average Bonchev–Trinajstić information content (AvgIpc) is 2.65. The monoisotopic (exact) mass is 315 g/mol. The van der Waals surface area contributed by atoms with Crippen LogP contribution in [0.15, 0.2) is 54.6 Å². The van der Waals surface area contributed by atoms with Gasteiger partial charge in [0, 0.05) is 5.92 Å². The van der Waals surface area contributed by atoms with Crippen molar-refractivity contribution in [3.05, 3.63) is 71.3 Å². The summed E-state index contributed by atoms with van der Waals surface area (Å²) in [5.41, 5.74) is 9.82. The highest BCUT2D eigenvalue weighted by Crippen LogP contribution is 2.31. The lowest BCUT2D eigenvalue weighted by Gasteiger charge is -2.18. The zero-order valence-electron chi connectivity index (χ0n) is 12.6. The van der Waals surface area contributed by atoms with E-state index in [-0.39, 0.29) is 30.2 Å². The van der Waals surface area contributed by atoms with Crippen LogP contribution in [0.5, 0.6) is 0 Å². The summed E-state index contributed by atoms with van der Waals surface area (Å²) in [6.45, 7) is 0. The second-order valence-electron chi connectivity index (χ2n) is 5.82. The van der Waals surface area contributed by atoms with Gasteiger partial charge in [0.15, 0.2) is 5.78 Å². The summed E-state index contributed by atoms with van der Waals surface area (Å²) in [6.07, 6.45) is 3.43. The normalized spacial score (nSPS) is 20.7. The minimum absolute atomic E-state index is 0. The fourth-order valence-corrected chi connectivity index (χ4v) is 3.22. The quantitative estimate of drug-likeness (QED) is 0.878. The predicted molar refractivity (Wildman–Crippen MR) is 92.5 cm³/mol. The summed E-state index contributed by atoms with van der Waals surface area (Å²) in [7, 11) is 0. The van der Waals surface area contributed by atoms with Crippen molar-refractivity contribution in [1.29, 1.82) is 0 Å². The van der Waals surface area contributed by atoms with Gasteiger partial charge in [-0.15, -0.1) is 12.4 Å². The largest absolute Gasteiger partial charge is 0.321 e. The molecule has 0 amide bonds. The molecule has 0 saturated carbocycles. The third kappa shape index (κ3) is 3.57. The van der Waals surface area contributed by atoms with Gasteiger partial charge in [0.25, 0.3) is 0 Å². The van der Waals surface area contributed by atoms with Gasteiger partial charge in [-0.25, -0.2) is 0 Å². The van der Waals surface area contributed by atoms with Crippen LogP contribution in [0.3, 0.4) is 0 Å². The van der Waals surface area contributed by atoms with Crippen LogP contribution < -0.4 is 5.73 Å². The molecule has 2 nitrogen and oxygen atoms in total. The maximum absolute atomic E-state index is 12.6. The van der Waals surface area contributed by atoms with E-state index in [9.17, 15) is 4.79 Å². The molecule has 2 aromatic carbocycles. The van der Waals surface area contributed by atoms with Crippen molar-refractivity contribution in [2.24, 2.45) is 5.73 Å². The summed E-state index contributed by atoms with van der Waals surface area (Å²) in [6, 6.07) is 18.3. The molecule has 1 aliphatic rings. The maximum atomic E-state index is 12.6.